The van der Waals surface area contributed by atoms with Gasteiger partial charge in [-0.15, -0.1) is 11.3 Å². The highest BCUT2D eigenvalue weighted by Gasteiger charge is 2.22. The minimum absolute atomic E-state index is 0.0495. The first kappa shape index (κ1) is 17.8. The number of hydrogen-bond donors (Lipinski definition) is 4. The molecule has 0 aliphatic rings. The van der Waals surface area contributed by atoms with E-state index in [4.69, 9.17) is 10.2 Å². The van der Waals surface area contributed by atoms with Gasteiger partial charge in [0.05, 0.1) is 22.2 Å². The van der Waals surface area contributed by atoms with E-state index in [1.165, 1.54) is 11.3 Å². The number of carbonyl (C=O) groups is 2. The number of hydrogen-bond acceptors (Lipinski definition) is 5. The Bertz CT molecular complexity index is 891. The van der Waals surface area contributed by atoms with Crippen molar-refractivity contribution in [2.45, 2.75) is 12.5 Å². The van der Waals surface area contributed by atoms with Gasteiger partial charge < -0.3 is 20.8 Å². The van der Waals surface area contributed by atoms with Crippen LogP contribution in [0.25, 0.3) is 10.1 Å². The second kappa shape index (κ2) is 7.94. The number of benzene rings is 1. The van der Waals surface area contributed by atoms with Gasteiger partial charge in [0.2, 0.25) is 5.91 Å². The van der Waals surface area contributed by atoms with Crippen LogP contribution in [0.5, 0.6) is 0 Å². The van der Waals surface area contributed by atoms with Crippen LogP contribution in [0, 0.1) is 0 Å². The largest absolute Gasteiger partial charge is 0.465 e. The summed E-state index contributed by atoms with van der Waals surface area (Å²) >= 11 is 1.40. The highest BCUT2D eigenvalue weighted by Crippen LogP contribution is 2.30. The first-order valence-corrected chi connectivity index (χ1v) is 8.69. The number of nitrogens with zero attached hydrogens (tertiary/aromatic N) is 1. The number of pyridine rings is 1. The van der Waals surface area contributed by atoms with Gasteiger partial charge in [-0.05, 0) is 28.6 Å². The molecule has 2 amide bonds. The van der Waals surface area contributed by atoms with Gasteiger partial charge in [0.1, 0.15) is 0 Å². The number of aliphatic hydroxyl groups is 1. The topological polar surface area (TPSA) is 112 Å². The quantitative estimate of drug-likeness (QED) is 0.532. The predicted molar refractivity (Wildman–Crippen MR) is 99.4 cm³/mol. The van der Waals surface area contributed by atoms with E-state index in [1.807, 2.05) is 12.1 Å². The van der Waals surface area contributed by atoms with Crippen LogP contribution in [0.15, 0.2) is 48.8 Å². The molecule has 3 rings (SSSR count). The zero-order valence-electron chi connectivity index (χ0n) is 13.7. The molecule has 26 heavy (non-hydrogen) atoms. The minimum Gasteiger partial charge on any atom is -0.465 e. The van der Waals surface area contributed by atoms with Crippen molar-refractivity contribution < 1.29 is 19.8 Å². The summed E-state index contributed by atoms with van der Waals surface area (Å²) < 4.78 is 0.954. The summed E-state index contributed by atoms with van der Waals surface area (Å²) in [5.41, 5.74) is 1.38. The van der Waals surface area contributed by atoms with Crippen molar-refractivity contribution in [2.75, 3.05) is 11.9 Å². The third-order valence-corrected chi connectivity index (χ3v) is 4.91. The smallest absolute Gasteiger partial charge is 0.404 e. The van der Waals surface area contributed by atoms with Gasteiger partial charge >= 0.3 is 6.09 Å². The minimum atomic E-state index is -1.19. The molecule has 0 saturated heterocycles. The van der Waals surface area contributed by atoms with Crippen LogP contribution in [0.2, 0.25) is 0 Å². The van der Waals surface area contributed by atoms with Gasteiger partial charge in [-0.2, -0.15) is 0 Å². The fourth-order valence-electron chi connectivity index (χ4n) is 2.56. The summed E-state index contributed by atoms with van der Waals surface area (Å²) in [4.78, 5) is 27.7. The highest BCUT2D eigenvalue weighted by atomic mass is 32.1. The van der Waals surface area contributed by atoms with Crippen LogP contribution in [0.1, 0.15) is 17.0 Å². The SMILES string of the molecule is O=C(O)NC[C@@H](C(=O)Nc1cc2ccncc2s1)c1ccc(CO)cc1. The van der Waals surface area contributed by atoms with Gasteiger partial charge in [-0.1, -0.05) is 24.3 Å². The molecule has 0 bridgehead atoms. The third-order valence-electron chi connectivity index (χ3n) is 3.91. The number of carboxylic acid groups (broad SMARTS) is 1. The van der Waals surface area contributed by atoms with E-state index in [9.17, 15) is 9.59 Å². The first-order chi connectivity index (χ1) is 12.6. The number of anilines is 1. The molecule has 4 N–H and O–H groups in total. The predicted octanol–water partition coefficient (Wildman–Crippen LogP) is 2.78. The van der Waals surface area contributed by atoms with Crippen LogP contribution in [-0.2, 0) is 11.4 Å². The Morgan fingerprint density at radius 2 is 1.96 bits per heavy atom. The van der Waals surface area contributed by atoms with Crippen molar-refractivity contribution in [3.05, 3.63) is 59.9 Å². The Morgan fingerprint density at radius 1 is 1.19 bits per heavy atom. The zero-order valence-corrected chi connectivity index (χ0v) is 14.5. The molecule has 1 aromatic carbocycles. The number of fused-ring (bicyclic) bond motifs is 1. The molecule has 8 heteroatoms. The van der Waals surface area contributed by atoms with E-state index in [0.717, 1.165) is 15.6 Å². The lowest BCUT2D eigenvalue weighted by Crippen LogP contribution is -2.33. The monoisotopic (exact) mass is 371 g/mol. The van der Waals surface area contributed by atoms with E-state index in [1.54, 1.807) is 36.7 Å². The molecule has 134 valence electrons. The van der Waals surface area contributed by atoms with Gasteiger partial charge in [0, 0.05) is 18.9 Å². The van der Waals surface area contributed by atoms with Crippen molar-refractivity contribution >= 4 is 38.4 Å². The van der Waals surface area contributed by atoms with Crippen molar-refractivity contribution in [3.8, 4) is 0 Å². The maximum atomic E-state index is 12.8. The Kier molecular flexibility index (Phi) is 5.45. The molecule has 2 aromatic heterocycles. The fraction of sp³-hybridized carbons (Fsp3) is 0.167. The number of rotatable bonds is 6. The molecule has 0 aliphatic carbocycles. The van der Waals surface area contributed by atoms with Gasteiger partial charge in [-0.3, -0.25) is 9.78 Å². The lowest BCUT2D eigenvalue weighted by Gasteiger charge is -2.17. The molecule has 0 spiro atoms. The number of amides is 2. The van der Waals surface area contributed by atoms with E-state index < -0.39 is 12.0 Å². The van der Waals surface area contributed by atoms with Gasteiger partial charge in [0.15, 0.2) is 0 Å². The summed E-state index contributed by atoms with van der Waals surface area (Å²) in [6, 6.07) is 10.6. The zero-order chi connectivity index (χ0) is 18.5. The summed E-state index contributed by atoms with van der Waals surface area (Å²) in [5, 5.41) is 24.8. The number of nitrogens with one attached hydrogen (secondary N) is 2. The van der Waals surface area contributed by atoms with Crippen molar-refractivity contribution in [1.29, 1.82) is 0 Å². The summed E-state index contributed by atoms with van der Waals surface area (Å²) in [5.74, 6) is -1.00. The Labute approximate surface area is 153 Å². The Hall–Kier alpha value is -2.97. The Morgan fingerprint density at radius 3 is 2.62 bits per heavy atom. The highest BCUT2D eigenvalue weighted by molar-refractivity contribution is 7.22. The number of aromatic nitrogens is 1. The Balaban J connectivity index is 1.81. The lowest BCUT2D eigenvalue weighted by molar-refractivity contribution is -0.117. The third kappa shape index (κ3) is 4.16. The molecular weight excluding hydrogens is 354 g/mol. The second-order valence-corrected chi connectivity index (χ2v) is 6.74. The van der Waals surface area contributed by atoms with E-state index >= 15 is 0 Å². The molecule has 7 nitrogen and oxygen atoms in total. The van der Waals surface area contributed by atoms with E-state index in [2.05, 4.69) is 15.6 Å². The fourth-order valence-corrected chi connectivity index (χ4v) is 3.49. The average Bonchev–Trinajstić information content (AvgIpc) is 3.04. The van der Waals surface area contributed by atoms with Gasteiger partial charge in [0.25, 0.3) is 0 Å². The molecule has 0 aliphatic heterocycles. The summed E-state index contributed by atoms with van der Waals surface area (Å²) in [7, 11) is 0. The van der Waals surface area contributed by atoms with Crippen LogP contribution in [0.4, 0.5) is 9.80 Å². The maximum absolute atomic E-state index is 12.8. The molecule has 0 unspecified atom stereocenters. The maximum Gasteiger partial charge on any atom is 0.404 e. The molecule has 0 fully saturated rings. The first-order valence-electron chi connectivity index (χ1n) is 7.87. The molecule has 1 atom stereocenters. The number of thiophene rings is 1. The van der Waals surface area contributed by atoms with Crippen molar-refractivity contribution in [1.82, 2.24) is 10.3 Å². The van der Waals surface area contributed by atoms with Crippen LogP contribution in [0.3, 0.4) is 0 Å². The summed E-state index contributed by atoms with van der Waals surface area (Å²) in [6.07, 6.45) is 2.22. The van der Waals surface area contributed by atoms with Crippen LogP contribution < -0.4 is 10.6 Å². The standard InChI is InChI=1S/C18H17N3O4S/c22-10-11-1-3-12(4-2-11)14(8-20-18(24)25)17(23)21-16-7-13-5-6-19-9-15(13)26-16/h1-7,9,14,20,22H,8,10H2,(H,21,23)(H,24,25)/t14-/m1/s1. The average molecular weight is 371 g/mol. The van der Waals surface area contributed by atoms with Crippen LogP contribution in [-0.4, -0.2) is 33.7 Å². The number of carbonyl (C=O) groups excluding carboxylic acids is 1. The van der Waals surface area contributed by atoms with Gasteiger partial charge in [-0.25, -0.2) is 4.79 Å². The van der Waals surface area contributed by atoms with E-state index in [-0.39, 0.29) is 19.1 Å². The van der Waals surface area contributed by atoms with Crippen molar-refractivity contribution in [2.24, 2.45) is 0 Å². The molecule has 0 saturated carbocycles. The lowest BCUT2D eigenvalue weighted by atomic mass is 9.97. The van der Waals surface area contributed by atoms with Crippen molar-refractivity contribution in [3.63, 3.8) is 0 Å². The molecule has 0 radical (unpaired) electrons. The normalized spacial score (nSPS) is 11.9. The molecule has 2 heterocycles. The molecular formula is C18H17N3O4S. The second-order valence-electron chi connectivity index (χ2n) is 5.65. The van der Waals surface area contributed by atoms with E-state index in [0.29, 0.717) is 10.6 Å². The molecule has 3 aromatic rings. The van der Waals surface area contributed by atoms with Crippen LogP contribution >= 0.6 is 11.3 Å². The number of aliphatic hydroxyl groups excluding tert-OH is 1. The summed E-state index contributed by atoms with van der Waals surface area (Å²) in [6.45, 7) is -0.146.